The molecular weight excluding hydrogens is 218 g/mol. The van der Waals surface area contributed by atoms with Crippen LogP contribution < -0.4 is 0 Å². The Labute approximate surface area is 99.7 Å². The van der Waals surface area contributed by atoms with Gasteiger partial charge in [-0.1, -0.05) is 13.8 Å². The Bertz CT molecular complexity index is 489. The monoisotopic (exact) mass is 233 g/mol. The molecule has 0 saturated carbocycles. The molecule has 5 heteroatoms. The summed E-state index contributed by atoms with van der Waals surface area (Å²) in [6.45, 7) is 5.90. The van der Waals surface area contributed by atoms with Gasteiger partial charge in [0, 0.05) is 29.6 Å². The lowest BCUT2D eigenvalue weighted by Gasteiger charge is -1.95. The van der Waals surface area contributed by atoms with Crippen molar-refractivity contribution in [2.45, 2.75) is 20.8 Å². The average molecular weight is 233 g/mol. The van der Waals surface area contributed by atoms with Crippen molar-refractivity contribution >= 4 is 5.69 Å². The molecule has 2 aromatic rings. The van der Waals surface area contributed by atoms with Crippen LogP contribution in [-0.4, -0.2) is 14.9 Å². The molecule has 0 unspecified atom stereocenters. The molecular formula is C12H15N3O2. The molecule has 0 aliphatic heterocycles. The topological polar surface area (TPSA) is 71.8 Å². The van der Waals surface area contributed by atoms with Gasteiger partial charge < -0.3 is 4.98 Å². The number of non-ortho nitro benzene ring substituents is 1. The smallest absolute Gasteiger partial charge is 0.269 e. The van der Waals surface area contributed by atoms with E-state index < -0.39 is 4.92 Å². The fourth-order valence-electron chi connectivity index (χ4n) is 1.30. The van der Waals surface area contributed by atoms with Crippen LogP contribution in [0, 0.1) is 17.0 Å². The third-order valence-corrected chi connectivity index (χ3v) is 2.05. The van der Waals surface area contributed by atoms with E-state index in [0.717, 1.165) is 17.1 Å². The Kier molecular flexibility index (Phi) is 4.39. The van der Waals surface area contributed by atoms with E-state index in [2.05, 4.69) is 9.97 Å². The summed E-state index contributed by atoms with van der Waals surface area (Å²) in [4.78, 5) is 17.2. The number of imidazole rings is 1. The maximum atomic E-state index is 10.4. The molecule has 17 heavy (non-hydrogen) atoms. The van der Waals surface area contributed by atoms with Crippen LogP contribution in [0.25, 0.3) is 11.4 Å². The van der Waals surface area contributed by atoms with Crippen molar-refractivity contribution in [3.63, 3.8) is 0 Å². The van der Waals surface area contributed by atoms with Gasteiger partial charge in [-0.3, -0.25) is 10.1 Å². The maximum absolute atomic E-state index is 10.4. The van der Waals surface area contributed by atoms with E-state index in [9.17, 15) is 10.1 Å². The van der Waals surface area contributed by atoms with Gasteiger partial charge in [-0.2, -0.15) is 0 Å². The molecule has 0 atom stereocenters. The van der Waals surface area contributed by atoms with Gasteiger partial charge in [-0.15, -0.1) is 0 Å². The summed E-state index contributed by atoms with van der Waals surface area (Å²) in [7, 11) is 0. The summed E-state index contributed by atoms with van der Waals surface area (Å²) >= 11 is 0. The number of nitrogens with zero attached hydrogens (tertiary/aromatic N) is 2. The number of hydrogen-bond acceptors (Lipinski definition) is 3. The number of nitro groups is 1. The largest absolute Gasteiger partial charge is 0.342 e. The molecule has 0 amide bonds. The summed E-state index contributed by atoms with van der Waals surface area (Å²) in [6.07, 6.45) is 1.72. The van der Waals surface area contributed by atoms with E-state index >= 15 is 0 Å². The zero-order chi connectivity index (χ0) is 12.8. The van der Waals surface area contributed by atoms with Crippen LogP contribution in [-0.2, 0) is 0 Å². The zero-order valence-electron chi connectivity index (χ0n) is 10.1. The number of nitrogens with one attached hydrogen (secondary N) is 1. The average Bonchev–Trinajstić information content (AvgIpc) is 2.79. The first-order chi connectivity index (χ1) is 8.16. The number of hydrogen-bond donors (Lipinski definition) is 1. The first-order valence-electron chi connectivity index (χ1n) is 5.43. The predicted molar refractivity (Wildman–Crippen MR) is 66.8 cm³/mol. The van der Waals surface area contributed by atoms with Crippen LogP contribution in [0.5, 0.6) is 0 Å². The molecule has 1 aromatic carbocycles. The van der Waals surface area contributed by atoms with Crippen molar-refractivity contribution in [1.82, 2.24) is 9.97 Å². The van der Waals surface area contributed by atoms with Crippen molar-refractivity contribution in [3.05, 3.63) is 46.3 Å². The van der Waals surface area contributed by atoms with E-state index in [4.69, 9.17) is 0 Å². The lowest BCUT2D eigenvalue weighted by molar-refractivity contribution is -0.384. The number of benzene rings is 1. The molecule has 0 radical (unpaired) electrons. The Morgan fingerprint density at radius 1 is 1.24 bits per heavy atom. The number of aromatic amines is 1. The number of nitro benzene ring substituents is 1. The number of aromatic nitrogens is 2. The summed E-state index contributed by atoms with van der Waals surface area (Å²) < 4.78 is 0. The predicted octanol–water partition coefficient (Wildman–Crippen LogP) is 3.32. The molecule has 0 spiro atoms. The Balaban J connectivity index is 0.000000686. The molecule has 1 heterocycles. The van der Waals surface area contributed by atoms with Gasteiger partial charge in [0.2, 0.25) is 0 Å². The molecule has 1 aromatic heterocycles. The molecule has 90 valence electrons. The van der Waals surface area contributed by atoms with Gasteiger partial charge in [0.1, 0.15) is 5.82 Å². The highest BCUT2D eigenvalue weighted by Gasteiger charge is 2.06. The van der Waals surface area contributed by atoms with Gasteiger partial charge in [0.25, 0.3) is 5.69 Å². The summed E-state index contributed by atoms with van der Waals surface area (Å²) in [5, 5.41) is 10.4. The van der Waals surface area contributed by atoms with Crippen molar-refractivity contribution in [2.75, 3.05) is 0 Å². The van der Waals surface area contributed by atoms with Crippen LogP contribution in [0.4, 0.5) is 5.69 Å². The van der Waals surface area contributed by atoms with Crippen LogP contribution in [0.3, 0.4) is 0 Å². The first-order valence-corrected chi connectivity index (χ1v) is 5.43. The van der Waals surface area contributed by atoms with Crippen molar-refractivity contribution in [1.29, 1.82) is 0 Å². The third kappa shape index (κ3) is 3.14. The SMILES string of the molecule is CC.Cc1cnc(-c2ccc([N+](=O)[O-])cc2)[nH]1. The molecule has 1 N–H and O–H groups in total. The van der Waals surface area contributed by atoms with Gasteiger partial charge >= 0.3 is 0 Å². The van der Waals surface area contributed by atoms with Crippen molar-refractivity contribution in [3.8, 4) is 11.4 Å². The molecule has 0 aliphatic rings. The second-order valence-electron chi connectivity index (χ2n) is 3.22. The highest BCUT2D eigenvalue weighted by Crippen LogP contribution is 2.19. The molecule has 0 aliphatic carbocycles. The minimum absolute atomic E-state index is 0.0852. The van der Waals surface area contributed by atoms with E-state index in [1.54, 1.807) is 18.3 Å². The van der Waals surface area contributed by atoms with Crippen molar-refractivity contribution < 1.29 is 4.92 Å². The second kappa shape index (κ2) is 5.79. The maximum Gasteiger partial charge on any atom is 0.269 e. The van der Waals surface area contributed by atoms with Crippen molar-refractivity contribution in [2.24, 2.45) is 0 Å². The van der Waals surface area contributed by atoms with Gasteiger partial charge in [-0.25, -0.2) is 4.98 Å². The van der Waals surface area contributed by atoms with E-state index in [1.165, 1.54) is 12.1 Å². The van der Waals surface area contributed by atoms with E-state index in [1.807, 2.05) is 20.8 Å². The van der Waals surface area contributed by atoms with Crippen LogP contribution in [0.15, 0.2) is 30.5 Å². The highest BCUT2D eigenvalue weighted by atomic mass is 16.6. The summed E-state index contributed by atoms with van der Waals surface area (Å²) in [5.74, 6) is 0.724. The lowest BCUT2D eigenvalue weighted by Crippen LogP contribution is -1.87. The van der Waals surface area contributed by atoms with E-state index in [-0.39, 0.29) is 5.69 Å². The minimum Gasteiger partial charge on any atom is -0.342 e. The van der Waals surface area contributed by atoms with Crippen LogP contribution in [0.1, 0.15) is 19.5 Å². The normalized spacial score (nSPS) is 9.35. The fraction of sp³-hybridized carbons (Fsp3) is 0.250. The minimum atomic E-state index is -0.419. The second-order valence-corrected chi connectivity index (χ2v) is 3.22. The van der Waals surface area contributed by atoms with Crippen LogP contribution in [0.2, 0.25) is 0 Å². The Morgan fingerprint density at radius 3 is 2.24 bits per heavy atom. The molecule has 2 rings (SSSR count). The Morgan fingerprint density at radius 2 is 1.82 bits per heavy atom. The third-order valence-electron chi connectivity index (χ3n) is 2.05. The van der Waals surface area contributed by atoms with Gasteiger partial charge in [-0.05, 0) is 19.1 Å². The number of rotatable bonds is 2. The van der Waals surface area contributed by atoms with E-state index in [0.29, 0.717) is 0 Å². The lowest BCUT2D eigenvalue weighted by atomic mass is 10.2. The molecule has 0 saturated heterocycles. The number of aryl methyl sites for hydroxylation is 1. The molecule has 5 nitrogen and oxygen atoms in total. The van der Waals surface area contributed by atoms with Gasteiger partial charge in [0.05, 0.1) is 4.92 Å². The number of H-pyrrole nitrogens is 1. The fourth-order valence-corrected chi connectivity index (χ4v) is 1.30. The quantitative estimate of drug-likeness (QED) is 0.638. The summed E-state index contributed by atoms with van der Waals surface area (Å²) in [5.41, 5.74) is 1.89. The highest BCUT2D eigenvalue weighted by molar-refractivity contribution is 5.57. The first kappa shape index (κ1) is 12.9. The summed E-state index contributed by atoms with van der Waals surface area (Å²) in [6, 6.07) is 6.28. The zero-order valence-corrected chi connectivity index (χ0v) is 10.1. The van der Waals surface area contributed by atoms with Gasteiger partial charge in [0.15, 0.2) is 0 Å². The molecule has 0 bridgehead atoms. The molecule has 0 fully saturated rings. The van der Waals surface area contributed by atoms with Crippen LogP contribution >= 0.6 is 0 Å². The standard InChI is InChI=1S/C10H9N3O2.C2H6/c1-7-6-11-10(12-7)8-2-4-9(5-3-8)13(14)15;1-2/h2-6H,1H3,(H,11,12);1-2H3. The Hall–Kier alpha value is -2.17.